The number of H-pyrrole nitrogens is 1. The zero-order valence-electron chi connectivity index (χ0n) is 10.3. The van der Waals surface area contributed by atoms with Gasteiger partial charge >= 0.3 is 0 Å². The molecule has 0 aliphatic rings. The molecular formula is C13H16N4O. The molecule has 1 amide bonds. The first-order valence-corrected chi connectivity index (χ1v) is 6.03. The van der Waals surface area contributed by atoms with Gasteiger partial charge in [-0.15, -0.1) is 0 Å². The quantitative estimate of drug-likeness (QED) is 0.845. The molecule has 2 rings (SSSR count). The van der Waals surface area contributed by atoms with Crippen molar-refractivity contribution in [1.82, 2.24) is 20.7 Å². The number of nitrogens with zero attached hydrogens (tertiary/aromatic N) is 2. The van der Waals surface area contributed by atoms with Crippen molar-refractivity contribution < 1.29 is 4.79 Å². The number of aromatic nitrogens is 3. The van der Waals surface area contributed by atoms with E-state index in [9.17, 15) is 4.79 Å². The molecule has 0 bridgehead atoms. The lowest BCUT2D eigenvalue weighted by atomic mass is 10.0. The smallest absolute Gasteiger partial charge is 0.273 e. The van der Waals surface area contributed by atoms with E-state index in [2.05, 4.69) is 27.7 Å². The van der Waals surface area contributed by atoms with E-state index < -0.39 is 0 Å². The highest BCUT2D eigenvalue weighted by Crippen LogP contribution is 2.18. The Bertz CT molecular complexity index is 481. The number of carbonyl (C=O) groups excluding carboxylic acids is 1. The van der Waals surface area contributed by atoms with Crippen LogP contribution in [0.2, 0.25) is 0 Å². The average molecular weight is 244 g/mol. The summed E-state index contributed by atoms with van der Waals surface area (Å²) in [5.74, 6) is -0.203. The van der Waals surface area contributed by atoms with E-state index in [1.807, 2.05) is 30.3 Å². The molecule has 0 aliphatic heterocycles. The summed E-state index contributed by atoms with van der Waals surface area (Å²) in [5, 5.41) is 12.8. The third-order valence-corrected chi connectivity index (χ3v) is 2.73. The molecule has 1 heterocycles. The number of carbonyl (C=O) groups is 1. The van der Waals surface area contributed by atoms with Gasteiger partial charge in [0.05, 0.1) is 12.2 Å². The van der Waals surface area contributed by atoms with E-state index in [1.165, 1.54) is 6.20 Å². The molecule has 0 aliphatic carbocycles. The highest BCUT2D eigenvalue weighted by atomic mass is 16.2. The number of rotatable bonds is 5. The maximum atomic E-state index is 11.9. The molecular weight excluding hydrogens is 228 g/mol. The van der Waals surface area contributed by atoms with Crippen molar-refractivity contribution in [2.75, 3.05) is 0 Å². The van der Waals surface area contributed by atoms with E-state index in [1.54, 1.807) is 0 Å². The molecule has 0 fully saturated rings. The molecule has 18 heavy (non-hydrogen) atoms. The van der Waals surface area contributed by atoms with Crippen molar-refractivity contribution in [1.29, 1.82) is 0 Å². The van der Waals surface area contributed by atoms with Crippen LogP contribution >= 0.6 is 0 Å². The molecule has 5 nitrogen and oxygen atoms in total. The predicted molar refractivity (Wildman–Crippen MR) is 67.9 cm³/mol. The minimum Gasteiger partial charge on any atom is -0.344 e. The van der Waals surface area contributed by atoms with Gasteiger partial charge in [-0.2, -0.15) is 15.4 Å². The second-order valence-corrected chi connectivity index (χ2v) is 4.08. The molecule has 2 aromatic rings. The van der Waals surface area contributed by atoms with E-state index in [-0.39, 0.29) is 11.9 Å². The van der Waals surface area contributed by atoms with Crippen molar-refractivity contribution in [2.24, 2.45) is 0 Å². The molecule has 1 unspecified atom stereocenters. The fraction of sp³-hybridized carbons (Fsp3) is 0.308. The summed E-state index contributed by atoms with van der Waals surface area (Å²) in [4.78, 5) is 11.9. The Kier molecular flexibility index (Phi) is 4.06. The molecule has 94 valence electrons. The van der Waals surface area contributed by atoms with Crippen LogP contribution in [0.25, 0.3) is 0 Å². The van der Waals surface area contributed by atoms with Gasteiger partial charge in [-0.05, 0) is 12.0 Å². The molecule has 1 atom stereocenters. The number of nitrogens with one attached hydrogen (secondary N) is 2. The Labute approximate surface area is 106 Å². The monoisotopic (exact) mass is 244 g/mol. The van der Waals surface area contributed by atoms with Gasteiger partial charge in [0.2, 0.25) is 0 Å². The highest BCUT2D eigenvalue weighted by Gasteiger charge is 2.16. The lowest BCUT2D eigenvalue weighted by molar-refractivity contribution is 0.0929. The fourth-order valence-corrected chi connectivity index (χ4v) is 1.84. The molecule has 0 spiro atoms. The molecule has 1 aromatic heterocycles. The maximum Gasteiger partial charge on any atom is 0.273 e. The first kappa shape index (κ1) is 12.3. The normalized spacial score (nSPS) is 12.1. The highest BCUT2D eigenvalue weighted by molar-refractivity contribution is 5.92. The van der Waals surface area contributed by atoms with Crippen molar-refractivity contribution in [3.63, 3.8) is 0 Å². The second-order valence-electron chi connectivity index (χ2n) is 4.08. The number of hydrogen-bond acceptors (Lipinski definition) is 3. The summed E-state index contributed by atoms with van der Waals surface area (Å²) in [6.45, 7) is 2.10. The Hall–Kier alpha value is -2.17. The summed E-state index contributed by atoms with van der Waals surface area (Å²) in [5.41, 5.74) is 1.42. The number of amides is 1. The van der Waals surface area contributed by atoms with Crippen LogP contribution in [0.4, 0.5) is 0 Å². The van der Waals surface area contributed by atoms with E-state index in [0.29, 0.717) is 5.69 Å². The minimum absolute atomic E-state index is 0.0143. The molecule has 0 saturated carbocycles. The van der Waals surface area contributed by atoms with Crippen LogP contribution in [0.5, 0.6) is 0 Å². The Morgan fingerprint density at radius 2 is 2.17 bits per heavy atom. The van der Waals surface area contributed by atoms with Gasteiger partial charge in [0.25, 0.3) is 5.91 Å². The lowest BCUT2D eigenvalue weighted by Gasteiger charge is -2.17. The van der Waals surface area contributed by atoms with Crippen LogP contribution in [0.1, 0.15) is 41.9 Å². The Morgan fingerprint density at radius 3 is 2.78 bits per heavy atom. The van der Waals surface area contributed by atoms with Crippen LogP contribution in [-0.4, -0.2) is 21.3 Å². The summed E-state index contributed by atoms with van der Waals surface area (Å²) >= 11 is 0. The van der Waals surface area contributed by atoms with E-state index >= 15 is 0 Å². The summed E-state index contributed by atoms with van der Waals surface area (Å²) < 4.78 is 0. The summed E-state index contributed by atoms with van der Waals surface area (Å²) in [6.07, 6.45) is 3.32. The van der Waals surface area contributed by atoms with Gasteiger partial charge in [0.15, 0.2) is 5.69 Å². The zero-order chi connectivity index (χ0) is 12.8. The third kappa shape index (κ3) is 2.94. The number of hydrogen-bond donors (Lipinski definition) is 2. The van der Waals surface area contributed by atoms with E-state index in [4.69, 9.17) is 0 Å². The predicted octanol–water partition coefficient (Wildman–Crippen LogP) is 2.08. The maximum absolute atomic E-state index is 11.9. The van der Waals surface area contributed by atoms with Crippen LogP contribution in [0.3, 0.4) is 0 Å². The standard InChI is InChI=1S/C13H16N4O/c1-2-6-11(10-7-4-3-5-8-10)15-13(18)12-9-14-17-16-12/h3-5,7-9,11H,2,6H2,1H3,(H,15,18)(H,14,16,17). The second kappa shape index (κ2) is 5.95. The van der Waals surface area contributed by atoms with Crippen molar-refractivity contribution in [3.05, 3.63) is 47.8 Å². The lowest BCUT2D eigenvalue weighted by Crippen LogP contribution is -2.28. The molecule has 1 aromatic carbocycles. The van der Waals surface area contributed by atoms with Crippen LogP contribution in [-0.2, 0) is 0 Å². The molecule has 0 radical (unpaired) electrons. The fourth-order valence-electron chi connectivity index (χ4n) is 1.84. The topological polar surface area (TPSA) is 70.7 Å². The van der Waals surface area contributed by atoms with Gasteiger partial charge in [-0.25, -0.2) is 0 Å². The zero-order valence-corrected chi connectivity index (χ0v) is 10.3. The van der Waals surface area contributed by atoms with Gasteiger partial charge in [0, 0.05) is 0 Å². The van der Waals surface area contributed by atoms with Gasteiger partial charge in [0.1, 0.15) is 0 Å². The third-order valence-electron chi connectivity index (χ3n) is 2.73. The first-order valence-electron chi connectivity index (χ1n) is 6.03. The summed E-state index contributed by atoms with van der Waals surface area (Å²) in [6, 6.07) is 9.96. The van der Waals surface area contributed by atoms with Gasteiger partial charge in [-0.1, -0.05) is 43.7 Å². The van der Waals surface area contributed by atoms with Crippen LogP contribution in [0.15, 0.2) is 36.5 Å². The Morgan fingerprint density at radius 1 is 1.39 bits per heavy atom. The summed E-state index contributed by atoms with van der Waals surface area (Å²) in [7, 11) is 0. The van der Waals surface area contributed by atoms with Gasteiger partial charge in [-0.3, -0.25) is 4.79 Å². The van der Waals surface area contributed by atoms with Crippen molar-refractivity contribution in [3.8, 4) is 0 Å². The number of aromatic amines is 1. The van der Waals surface area contributed by atoms with Gasteiger partial charge < -0.3 is 5.32 Å². The van der Waals surface area contributed by atoms with Crippen LogP contribution in [0, 0.1) is 0 Å². The van der Waals surface area contributed by atoms with Crippen molar-refractivity contribution in [2.45, 2.75) is 25.8 Å². The molecule has 0 saturated heterocycles. The largest absolute Gasteiger partial charge is 0.344 e. The van der Waals surface area contributed by atoms with Crippen molar-refractivity contribution >= 4 is 5.91 Å². The first-order chi connectivity index (χ1) is 8.81. The molecule has 5 heteroatoms. The average Bonchev–Trinajstić information content (AvgIpc) is 2.93. The van der Waals surface area contributed by atoms with E-state index in [0.717, 1.165) is 18.4 Å². The Balaban J connectivity index is 2.10. The molecule has 2 N–H and O–H groups in total. The SMILES string of the molecule is CCCC(NC(=O)c1cn[nH]n1)c1ccccc1. The van der Waals surface area contributed by atoms with Crippen LogP contribution < -0.4 is 5.32 Å². The minimum atomic E-state index is -0.203. The number of benzene rings is 1.